The molecule has 6 nitrogen and oxygen atoms in total. The Morgan fingerprint density at radius 3 is 3.04 bits per heavy atom. The molecule has 142 valence electrons. The van der Waals surface area contributed by atoms with E-state index in [9.17, 15) is 4.79 Å². The number of aromatic nitrogens is 2. The average Bonchev–Trinajstić information content (AvgIpc) is 2.99. The molecule has 0 saturated carbocycles. The molecule has 3 aromatic rings. The Kier molecular flexibility index (Phi) is 5.19. The van der Waals surface area contributed by atoms with Crippen LogP contribution in [0.3, 0.4) is 0 Å². The standard InChI is InChI=1S/C19H21ClN4O2S/c1-23-8-6-14-15(11-23)27-17-16(14)18(26)24(13-5-2-4-12(20)10-13)19(22-17)21-7-3-9-25/h2,4-5,10,25H,3,6-9,11H2,1H3,(H,21,22). The summed E-state index contributed by atoms with van der Waals surface area (Å²) >= 11 is 7.76. The maximum absolute atomic E-state index is 13.5. The number of hydrogen-bond donors (Lipinski definition) is 2. The fourth-order valence-corrected chi connectivity index (χ4v) is 4.90. The SMILES string of the molecule is CN1CCc2c(sc3nc(NCCCO)n(-c4cccc(Cl)c4)c(=O)c23)C1. The van der Waals surface area contributed by atoms with Gasteiger partial charge < -0.3 is 15.3 Å². The highest BCUT2D eigenvalue weighted by molar-refractivity contribution is 7.18. The van der Waals surface area contributed by atoms with E-state index in [2.05, 4.69) is 17.3 Å². The number of thiophene rings is 1. The molecule has 0 fully saturated rings. The number of likely N-dealkylation sites (N-methyl/N-ethyl adjacent to an activating group) is 1. The van der Waals surface area contributed by atoms with Gasteiger partial charge in [-0.2, -0.15) is 0 Å². The van der Waals surface area contributed by atoms with Crippen molar-refractivity contribution in [3.05, 3.63) is 50.1 Å². The molecule has 0 aliphatic carbocycles. The Morgan fingerprint density at radius 2 is 2.26 bits per heavy atom. The molecule has 1 aliphatic rings. The van der Waals surface area contributed by atoms with Crippen LogP contribution in [0.15, 0.2) is 29.1 Å². The van der Waals surface area contributed by atoms with Crippen LogP contribution in [-0.2, 0) is 13.0 Å². The van der Waals surface area contributed by atoms with Crippen LogP contribution in [0.1, 0.15) is 16.9 Å². The van der Waals surface area contributed by atoms with Crippen LogP contribution in [-0.4, -0.2) is 46.3 Å². The maximum Gasteiger partial charge on any atom is 0.268 e. The first-order valence-electron chi connectivity index (χ1n) is 8.95. The number of hydrogen-bond acceptors (Lipinski definition) is 6. The first-order chi connectivity index (χ1) is 13.1. The Balaban J connectivity index is 1.93. The molecule has 0 amide bonds. The lowest BCUT2D eigenvalue weighted by molar-refractivity contribution is 0.292. The van der Waals surface area contributed by atoms with Gasteiger partial charge in [-0.1, -0.05) is 17.7 Å². The minimum Gasteiger partial charge on any atom is -0.396 e. The fraction of sp³-hybridized carbons (Fsp3) is 0.368. The van der Waals surface area contributed by atoms with Crippen molar-refractivity contribution in [3.8, 4) is 5.69 Å². The molecule has 27 heavy (non-hydrogen) atoms. The van der Waals surface area contributed by atoms with Crippen LogP contribution in [0.5, 0.6) is 0 Å². The lowest BCUT2D eigenvalue weighted by Crippen LogP contribution is -2.27. The molecular weight excluding hydrogens is 384 g/mol. The second kappa shape index (κ2) is 7.59. The summed E-state index contributed by atoms with van der Waals surface area (Å²) in [4.78, 5) is 22.5. The highest BCUT2D eigenvalue weighted by atomic mass is 35.5. The van der Waals surface area contributed by atoms with Crippen LogP contribution in [0.25, 0.3) is 15.9 Å². The van der Waals surface area contributed by atoms with E-state index in [1.807, 2.05) is 12.1 Å². The number of halogens is 1. The smallest absolute Gasteiger partial charge is 0.268 e. The van der Waals surface area contributed by atoms with E-state index < -0.39 is 0 Å². The van der Waals surface area contributed by atoms with Crippen molar-refractivity contribution >= 4 is 39.1 Å². The Bertz CT molecular complexity index is 1050. The van der Waals surface area contributed by atoms with Gasteiger partial charge in [0, 0.05) is 36.1 Å². The molecule has 4 rings (SSSR count). The summed E-state index contributed by atoms with van der Waals surface area (Å²) in [5.41, 5.74) is 1.74. The maximum atomic E-state index is 13.5. The second-order valence-corrected chi connectivity index (χ2v) is 8.25. The zero-order valence-corrected chi connectivity index (χ0v) is 16.6. The molecule has 0 atom stereocenters. The summed E-state index contributed by atoms with van der Waals surface area (Å²) in [6, 6.07) is 7.22. The summed E-state index contributed by atoms with van der Waals surface area (Å²) in [6.07, 6.45) is 1.44. The predicted molar refractivity (Wildman–Crippen MR) is 110 cm³/mol. The molecule has 0 spiro atoms. The monoisotopic (exact) mass is 404 g/mol. The molecule has 2 N–H and O–H groups in total. The lowest BCUT2D eigenvalue weighted by Gasteiger charge is -2.21. The number of benzene rings is 1. The van der Waals surface area contributed by atoms with Crippen molar-refractivity contribution in [1.82, 2.24) is 14.5 Å². The molecule has 0 saturated heterocycles. The third-order valence-electron chi connectivity index (χ3n) is 4.75. The molecule has 8 heteroatoms. The third kappa shape index (κ3) is 3.48. The molecule has 3 heterocycles. The average molecular weight is 405 g/mol. The predicted octanol–water partition coefficient (Wildman–Crippen LogP) is 2.88. The van der Waals surface area contributed by atoms with Crippen molar-refractivity contribution in [2.45, 2.75) is 19.4 Å². The van der Waals surface area contributed by atoms with Gasteiger partial charge in [0.2, 0.25) is 5.95 Å². The largest absolute Gasteiger partial charge is 0.396 e. The number of nitrogens with one attached hydrogen (secondary N) is 1. The molecule has 1 aromatic carbocycles. The number of fused-ring (bicyclic) bond motifs is 3. The first-order valence-corrected chi connectivity index (χ1v) is 10.1. The van der Waals surface area contributed by atoms with E-state index in [1.54, 1.807) is 28.0 Å². The Hall–Kier alpha value is -1.93. The molecule has 1 aliphatic heterocycles. The molecule has 0 bridgehead atoms. The first kappa shape index (κ1) is 18.4. The number of nitrogens with zero attached hydrogens (tertiary/aromatic N) is 3. The summed E-state index contributed by atoms with van der Waals surface area (Å²) in [7, 11) is 2.09. The van der Waals surface area contributed by atoms with Gasteiger partial charge in [-0.15, -0.1) is 11.3 Å². The van der Waals surface area contributed by atoms with Crippen molar-refractivity contribution in [3.63, 3.8) is 0 Å². The summed E-state index contributed by atoms with van der Waals surface area (Å²) in [6.45, 7) is 2.39. The lowest BCUT2D eigenvalue weighted by atomic mass is 10.1. The van der Waals surface area contributed by atoms with E-state index in [4.69, 9.17) is 21.7 Å². The highest BCUT2D eigenvalue weighted by Gasteiger charge is 2.24. The summed E-state index contributed by atoms with van der Waals surface area (Å²) in [5.74, 6) is 0.482. The quantitative estimate of drug-likeness (QED) is 0.640. The van der Waals surface area contributed by atoms with Gasteiger partial charge in [0.1, 0.15) is 4.83 Å². The van der Waals surface area contributed by atoms with Gasteiger partial charge in [0.05, 0.1) is 11.1 Å². The molecular formula is C19H21ClN4O2S. The van der Waals surface area contributed by atoms with Crippen LogP contribution < -0.4 is 10.9 Å². The minimum atomic E-state index is -0.0733. The van der Waals surface area contributed by atoms with Gasteiger partial charge in [0.25, 0.3) is 5.56 Å². The number of rotatable bonds is 5. The van der Waals surface area contributed by atoms with Gasteiger partial charge in [-0.25, -0.2) is 9.55 Å². The van der Waals surface area contributed by atoms with Crippen molar-refractivity contribution in [2.75, 3.05) is 32.1 Å². The van der Waals surface area contributed by atoms with E-state index >= 15 is 0 Å². The number of aliphatic hydroxyl groups excluding tert-OH is 1. The topological polar surface area (TPSA) is 70.4 Å². The van der Waals surface area contributed by atoms with Crippen LogP contribution in [0.2, 0.25) is 5.02 Å². The van der Waals surface area contributed by atoms with Gasteiger partial charge in [-0.05, 0) is 43.7 Å². The zero-order valence-electron chi connectivity index (χ0n) is 15.0. The van der Waals surface area contributed by atoms with E-state index in [-0.39, 0.29) is 12.2 Å². The fourth-order valence-electron chi connectivity index (χ4n) is 3.42. The number of anilines is 1. The molecule has 0 unspecified atom stereocenters. The van der Waals surface area contributed by atoms with E-state index in [0.29, 0.717) is 29.6 Å². The minimum absolute atomic E-state index is 0.0733. The van der Waals surface area contributed by atoms with Gasteiger partial charge in [0.15, 0.2) is 0 Å². The molecule has 2 aromatic heterocycles. The van der Waals surface area contributed by atoms with E-state index in [1.165, 1.54) is 4.88 Å². The zero-order chi connectivity index (χ0) is 19.0. The van der Waals surface area contributed by atoms with Crippen LogP contribution in [0.4, 0.5) is 5.95 Å². The van der Waals surface area contributed by atoms with Crippen molar-refractivity contribution in [2.24, 2.45) is 0 Å². The summed E-state index contributed by atoms with van der Waals surface area (Å²) in [5, 5.41) is 13.6. The van der Waals surface area contributed by atoms with Crippen molar-refractivity contribution < 1.29 is 5.11 Å². The van der Waals surface area contributed by atoms with E-state index in [0.717, 1.165) is 35.3 Å². The summed E-state index contributed by atoms with van der Waals surface area (Å²) < 4.78 is 1.59. The highest BCUT2D eigenvalue weighted by Crippen LogP contribution is 2.33. The molecule has 0 radical (unpaired) electrons. The van der Waals surface area contributed by atoms with Crippen LogP contribution in [0, 0.1) is 0 Å². The number of aliphatic hydroxyl groups is 1. The third-order valence-corrected chi connectivity index (χ3v) is 6.10. The Morgan fingerprint density at radius 1 is 1.41 bits per heavy atom. The second-order valence-electron chi connectivity index (χ2n) is 6.73. The normalized spacial score (nSPS) is 14.5. The van der Waals surface area contributed by atoms with Crippen LogP contribution >= 0.6 is 22.9 Å². The Labute approximate surface area is 166 Å². The van der Waals surface area contributed by atoms with Gasteiger partial charge in [-0.3, -0.25) is 4.79 Å². The van der Waals surface area contributed by atoms with Gasteiger partial charge >= 0.3 is 0 Å². The van der Waals surface area contributed by atoms with Crippen molar-refractivity contribution in [1.29, 1.82) is 0 Å².